The molecule has 3 N–H and O–H groups in total. The number of aliphatic carboxylic acids is 1. The van der Waals surface area contributed by atoms with Gasteiger partial charge in [0.25, 0.3) is 10.2 Å². The number of hydrogen-bond acceptors (Lipinski definition) is 4. The first-order valence-corrected chi connectivity index (χ1v) is 11.1. The van der Waals surface area contributed by atoms with Crippen LogP contribution in [0.1, 0.15) is 43.6 Å². The van der Waals surface area contributed by atoms with Crippen LogP contribution in [0.25, 0.3) is 10.9 Å². The molecule has 0 saturated carbocycles. The Morgan fingerprint density at radius 1 is 1.11 bits per heavy atom. The molecule has 2 saturated heterocycles. The van der Waals surface area contributed by atoms with Crippen molar-refractivity contribution in [2.24, 2.45) is 0 Å². The fourth-order valence-corrected chi connectivity index (χ4v) is 6.29. The molecule has 2 aromatic rings. The van der Waals surface area contributed by atoms with Crippen LogP contribution in [-0.4, -0.2) is 63.9 Å². The highest BCUT2D eigenvalue weighted by Crippen LogP contribution is 2.36. The minimum atomic E-state index is -3.78. The predicted molar refractivity (Wildman–Crippen MR) is 104 cm³/mol. The summed E-state index contributed by atoms with van der Waals surface area (Å²) in [5.41, 5.74) is 2.03. The van der Waals surface area contributed by atoms with Crippen LogP contribution in [0, 0.1) is 0 Å². The molecule has 0 aliphatic carbocycles. The van der Waals surface area contributed by atoms with E-state index in [0.29, 0.717) is 38.8 Å². The maximum Gasteiger partial charge on any atom is 0.322 e. The highest BCUT2D eigenvalue weighted by Gasteiger charge is 2.41. The summed E-state index contributed by atoms with van der Waals surface area (Å²) >= 11 is 0. The Morgan fingerprint density at radius 3 is 2.57 bits per heavy atom. The molecule has 0 spiro atoms. The molecule has 2 aliphatic rings. The third kappa shape index (κ3) is 3.38. The monoisotopic (exact) mass is 407 g/mol. The minimum Gasteiger partial charge on any atom is -0.508 e. The Morgan fingerprint density at radius 2 is 1.86 bits per heavy atom. The highest BCUT2D eigenvalue weighted by molar-refractivity contribution is 7.86. The summed E-state index contributed by atoms with van der Waals surface area (Å²) in [4.78, 5) is 14.7. The van der Waals surface area contributed by atoms with Crippen LogP contribution in [0.2, 0.25) is 0 Å². The smallest absolute Gasteiger partial charge is 0.322 e. The number of nitrogens with one attached hydrogen (secondary N) is 1. The van der Waals surface area contributed by atoms with Gasteiger partial charge < -0.3 is 15.2 Å². The molecule has 8 nitrogen and oxygen atoms in total. The van der Waals surface area contributed by atoms with Gasteiger partial charge in [0.2, 0.25) is 0 Å². The number of aromatic nitrogens is 1. The Labute approximate surface area is 163 Å². The molecule has 0 bridgehead atoms. The van der Waals surface area contributed by atoms with Crippen molar-refractivity contribution in [1.82, 2.24) is 13.6 Å². The van der Waals surface area contributed by atoms with E-state index in [-0.39, 0.29) is 18.2 Å². The standard InChI is InChI=1S/C19H25N3O5S/c23-14-4-5-17-15(11-14)16(12-20-17)13-6-9-21(10-7-13)28(26,27)22-8-2-1-3-18(22)19(24)25/h4-5,11-13,18,20,23H,1-3,6-10H2,(H,24,25). The molecule has 0 amide bonds. The lowest BCUT2D eigenvalue weighted by atomic mass is 9.90. The van der Waals surface area contributed by atoms with E-state index in [1.165, 1.54) is 8.61 Å². The number of phenols is 1. The molecule has 1 aromatic carbocycles. The van der Waals surface area contributed by atoms with Crippen LogP contribution in [0.3, 0.4) is 0 Å². The molecule has 2 fully saturated rings. The molecule has 1 unspecified atom stereocenters. The van der Waals surface area contributed by atoms with Gasteiger partial charge in [0, 0.05) is 36.7 Å². The van der Waals surface area contributed by atoms with E-state index < -0.39 is 22.2 Å². The number of benzene rings is 1. The van der Waals surface area contributed by atoms with Crippen molar-refractivity contribution in [2.75, 3.05) is 19.6 Å². The lowest BCUT2D eigenvalue weighted by Crippen LogP contribution is -2.54. The van der Waals surface area contributed by atoms with Crippen molar-refractivity contribution < 1.29 is 23.4 Å². The SMILES string of the molecule is O=C(O)C1CCCCN1S(=O)(=O)N1CCC(c2c[nH]c3ccc(O)cc23)CC1. The van der Waals surface area contributed by atoms with E-state index in [1.807, 2.05) is 12.3 Å². The van der Waals surface area contributed by atoms with Gasteiger partial charge in [-0.05, 0) is 61.8 Å². The van der Waals surface area contributed by atoms with Gasteiger partial charge in [0.05, 0.1) is 0 Å². The van der Waals surface area contributed by atoms with Crippen LogP contribution >= 0.6 is 0 Å². The number of aromatic hydroxyl groups is 1. The summed E-state index contributed by atoms with van der Waals surface area (Å²) in [6.45, 7) is 0.990. The number of hydrogen-bond donors (Lipinski definition) is 3. The number of piperidine rings is 2. The Bertz CT molecular complexity index is 979. The van der Waals surface area contributed by atoms with Crippen LogP contribution in [0.5, 0.6) is 5.75 Å². The summed E-state index contributed by atoms with van der Waals surface area (Å²) in [5, 5.41) is 20.2. The predicted octanol–water partition coefficient (Wildman–Crippen LogP) is 2.24. The second-order valence-electron chi connectivity index (χ2n) is 7.62. The first kappa shape index (κ1) is 19.2. The summed E-state index contributed by atoms with van der Waals surface area (Å²) in [5.74, 6) is -0.673. The van der Waals surface area contributed by atoms with E-state index in [4.69, 9.17) is 0 Å². The molecule has 28 heavy (non-hydrogen) atoms. The van der Waals surface area contributed by atoms with Crippen LogP contribution in [0.15, 0.2) is 24.4 Å². The third-order valence-corrected chi connectivity index (χ3v) is 8.00. The van der Waals surface area contributed by atoms with E-state index in [9.17, 15) is 23.4 Å². The van der Waals surface area contributed by atoms with Gasteiger partial charge >= 0.3 is 5.97 Å². The normalized spacial score (nSPS) is 23.2. The molecule has 1 atom stereocenters. The maximum atomic E-state index is 13.1. The summed E-state index contributed by atoms with van der Waals surface area (Å²) < 4.78 is 28.7. The number of rotatable bonds is 4. The number of aromatic amines is 1. The van der Waals surface area contributed by atoms with Crippen LogP contribution in [-0.2, 0) is 15.0 Å². The van der Waals surface area contributed by atoms with Crippen molar-refractivity contribution in [3.8, 4) is 5.75 Å². The maximum absolute atomic E-state index is 13.1. The lowest BCUT2D eigenvalue weighted by Gasteiger charge is -2.38. The van der Waals surface area contributed by atoms with Gasteiger partial charge in [0.1, 0.15) is 11.8 Å². The number of phenolic OH excluding ortho intramolecular Hbond substituents is 1. The van der Waals surface area contributed by atoms with Crippen molar-refractivity contribution in [1.29, 1.82) is 0 Å². The highest BCUT2D eigenvalue weighted by atomic mass is 32.2. The number of carbonyl (C=O) groups is 1. The first-order valence-electron chi connectivity index (χ1n) is 9.67. The van der Waals surface area contributed by atoms with Crippen LogP contribution in [0.4, 0.5) is 0 Å². The molecule has 3 heterocycles. The van der Waals surface area contributed by atoms with E-state index in [0.717, 1.165) is 22.9 Å². The molecular formula is C19H25N3O5S. The molecule has 4 rings (SSSR count). The second-order valence-corrected chi connectivity index (χ2v) is 9.50. The van der Waals surface area contributed by atoms with Gasteiger partial charge in [-0.25, -0.2) is 0 Å². The molecule has 152 valence electrons. The number of nitrogens with zero attached hydrogens (tertiary/aromatic N) is 2. The second kappa shape index (κ2) is 7.38. The number of fused-ring (bicyclic) bond motifs is 1. The molecule has 1 aromatic heterocycles. The zero-order valence-corrected chi connectivity index (χ0v) is 16.4. The van der Waals surface area contributed by atoms with Gasteiger partial charge in [-0.15, -0.1) is 0 Å². The lowest BCUT2D eigenvalue weighted by molar-refractivity contribution is -0.142. The molecule has 0 radical (unpaired) electrons. The Kier molecular flexibility index (Phi) is 5.07. The van der Waals surface area contributed by atoms with E-state index in [1.54, 1.807) is 12.1 Å². The van der Waals surface area contributed by atoms with Crippen molar-refractivity contribution >= 4 is 27.1 Å². The number of carboxylic acids is 1. The van der Waals surface area contributed by atoms with E-state index in [2.05, 4.69) is 4.98 Å². The zero-order valence-electron chi connectivity index (χ0n) is 15.5. The van der Waals surface area contributed by atoms with E-state index >= 15 is 0 Å². The van der Waals surface area contributed by atoms with Crippen molar-refractivity contribution in [2.45, 2.75) is 44.1 Å². The molecule has 2 aliphatic heterocycles. The fraction of sp³-hybridized carbons (Fsp3) is 0.526. The van der Waals surface area contributed by atoms with Crippen molar-refractivity contribution in [3.05, 3.63) is 30.0 Å². The quantitative estimate of drug-likeness (QED) is 0.719. The Hall–Kier alpha value is -2.10. The molecule has 9 heteroatoms. The summed E-state index contributed by atoms with van der Waals surface area (Å²) in [6.07, 6.45) is 5.05. The largest absolute Gasteiger partial charge is 0.508 e. The summed E-state index contributed by atoms with van der Waals surface area (Å²) in [7, 11) is -3.78. The van der Waals surface area contributed by atoms with Gasteiger partial charge in [-0.3, -0.25) is 4.79 Å². The van der Waals surface area contributed by atoms with Gasteiger partial charge in [0.15, 0.2) is 0 Å². The molecular weight excluding hydrogens is 382 g/mol. The Balaban J connectivity index is 1.50. The van der Waals surface area contributed by atoms with Gasteiger partial charge in [-0.2, -0.15) is 17.0 Å². The first-order chi connectivity index (χ1) is 13.4. The third-order valence-electron chi connectivity index (χ3n) is 5.95. The van der Waals surface area contributed by atoms with Crippen LogP contribution < -0.4 is 0 Å². The number of carboxylic acid groups (broad SMARTS) is 1. The average Bonchev–Trinajstić information content (AvgIpc) is 3.11. The summed E-state index contributed by atoms with van der Waals surface area (Å²) in [6, 6.07) is 4.23. The van der Waals surface area contributed by atoms with Gasteiger partial charge in [-0.1, -0.05) is 0 Å². The fourth-order valence-electron chi connectivity index (χ4n) is 4.44. The minimum absolute atomic E-state index is 0.193. The van der Waals surface area contributed by atoms with Crippen molar-refractivity contribution in [3.63, 3.8) is 0 Å². The number of H-pyrrole nitrogens is 1. The average molecular weight is 407 g/mol. The zero-order chi connectivity index (χ0) is 19.9. The topological polar surface area (TPSA) is 114 Å².